The van der Waals surface area contributed by atoms with Gasteiger partial charge in [0.25, 0.3) is 0 Å². The van der Waals surface area contributed by atoms with Crippen molar-refractivity contribution in [3.8, 4) is 0 Å². The maximum atomic E-state index is 11.3. The van der Waals surface area contributed by atoms with E-state index in [9.17, 15) is 8.42 Å². The van der Waals surface area contributed by atoms with E-state index in [1.54, 1.807) is 6.07 Å². The first-order valence-electron chi connectivity index (χ1n) is 10.4. The standard InChI is InChI=1S/C24H33NO2S/c1-5-6-22(15-18-7-10-21(11-8-18)24(2,3)4)25-14-13-19-16-23(28(26)27)12-9-20(19)17-25/h7-12,16,22,28H,5-6,13-15,17H2,1-4H3. The van der Waals surface area contributed by atoms with Crippen molar-refractivity contribution in [3.05, 3.63) is 64.7 Å². The van der Waals surface area contributed by atoms with E-state index in [-0.39, 0.29) is 5.41 Å². The Labute approximate surface area is 171 Å². The van der Waals surface area contributed by atoms with E-state index in [4.69, 9.17) is 0 Å². The van der Waals surface area contributed by atoms with E-state index >= 15 is 0 Å². The first kappa shape index (κ1) is 21.1. The van der Waals surface area contributed by atoms with E-state index in [1.807, 2.05) is 12.1 Å². The molecule has 3 nitrogen and oxygen atoms in total. The fourth-order valence-corrected chi connectivity index (χ4v) is 4.60. The number of rotatable bonds is 6. The maximum Gasteiger partial charge on any atom is 0.168 e. The molecule has 1 unspecified atom stereocenters. The van der Waals surface area contributed by atoms with Crippen LogP contribution in [0.4, 0.5) is 0 Å². The van der Waals surface area contributed by atoms with Crippen LogP contribution in [-0.2, 0) is 35.5 Å². The predicted octanol–water partition coefficient (Wildman–Crippen LogP) is 4.72. The molecule has 0 fully saturated rings. The minimum Gasteiger partial charge on any atom is -0.295 e. The summed E-state index contributed by atoms with van der Waals surface area (Å²) in [7, 11) is -2.50. The molecule has 152 valence electrons. The zero-order chi connectivity index (χ0) is 20.3. The van der Waals surface area contributed by atoms with E-state index in [1.165, 1.54) is 35.1 Å². The maximum absolute atomic E-state index is 11.3. The lowest BCUT2D eigenvalue weighted by molar-refractivity contribution is 0.167. The SMILES string of the molecule is CCCC(Cc1ccc(C(C)(C)C)cc1)N1CCc2cc([SH](=O)=O)ccc2C1. The quantitative estimate of drug-likeness (QED) is 0.714. The molecule has 4 heteroatoms. The third-order valence-corrected chi connectivity index (χ3v) is 6.57. The molecule has 28 heavy (non-hydrogen) atoms. The molecule has 0 amide bonds. The summed E-state index contributed by atoms with van der Waals surface area (Å²) in [6.45, 7) is 10.9. The topological polar surface area (TPSA) is 37.4 Å². The van der Waals surface area contributed by atoms with Crippen LogP contribution in [0.25, 0.3) is 0 Å². The van der Waals surface area contributed by atoms with E-state index in [0.29, 0.717) is 10.9 Å². The smallest absolute Gasteiger partial charge is 0.168 e. The number of hydrogen-bond acceptors (Lipinski definition) is 3. The van der Waals surface area contributed by atoms with Gasteiger partial charge >= 0.3 is 0 Å². The zero-order valence-electron chi connectivity index (χ0n) is 17.6. The van der Waals surface area contributed by atoms with E-state index in [2.05, 4.69) is 56.9 Å². The molecule has 0 saturated carbocycles. The van der Waals surface area contributed by atoms with Crippen molar-refractivity contribution in [1.82, 2.24) is 4.90 Å². The second kappa shape index (κ2) is 8.79. The summed E-state index contributed by atoms with van der Waals surface area (Å²) in [5, 5.41) is 0. The molecule has 1 aliphatic rings. The lowest BCUT2D eigenvalue weighted by atomic mass is 9.86. The lowest BCUT2D eigenvalue weighted by Crippen LogP contribution is -2.40. The number of benzene rings is 2. The van der Waals surface area contributed by atoms with Gasteiger partial charge in [0, 0.05) is 19.1 Å². The number of hydrogen-bond donors (Lipinski definition) is 1. The molecule has 1 heterocycles. The van der Waals surface area contributed by atoms with Crippen LogP contribution < -0.4 is 0 Å². The molecule has 1 atom stereocenters. The molecule has 0 aromatic heterocycles. The van der Waals surface area contributed by atoms with Crippen LogP contribution >= 0.6 is 0 Å². The monoisotopic (exact) mass is 399 g/mol. The summed E-state index contributed by atoms with van der Waals surface area (Å²) in [5.41, 5.74) is 5.43. The Balaban J connectivity index is 1.74. The molecule has 0 N–H and O–H groups in total. The third kappa shape index (κ3) is 5.03. The molecule has 0 bridgehead atoms. The number of nitrogens with zero attached hydrogens (tertiary/aromatic N) is 1. The highest BCUT2D eigenvalue weighted by atomic mass is 32.2. The van der Waals surface area contributed by atoms with Crippen molar-refractivity contribution in [3.63, 3.8) is 0 Å². The Kier molecular flexibility index (Phi) is 6.61. The van der Waals surface area contributed by atoms with Gasteiger partial charge in [0.05, 0.1) is 4.90 Å². The average molecular weight is 400 g/mol. The molecule has 0 saturated heterocycles. The van der Waals surface area contributed by atoms with E-state index in [0.717, 1.165) is 25.9 Å². The highest BCUT2D eigenvalue weighted by Crippen LogP contribution is 2.27. The van der Waals surface area contributed by atoms with Gasteiger partial charge < -0.3 is 0 Å². The van der Waals surface area contributed by atoms with Gasteiger partial charge in [-0.15, -0.1) is 0 Å². The molecule has 0 aliphatic carbocycles. The molecule has 2 aromatic rings. The first-order chi connectivity index (χ1) is 13.3. The fourth-order valence-electron chi connectivity index (χ4n) is 4.15. The second-order valence-corrected chi connectivity index (χ2v) is 10.1. The number of fused-ring (bicyclic) bond motifs is 1. The second-order valence-electron chi connectivity index (χ2n) is 9.02. The fraction of sp³-hybridized carbons (Fsp3) is 0.500. The normalized spacial score (nSPS) is 16.2. The Hall–Kier alpha value is -1.65. The van der Waals surface area contributed by atoms with Crippen LogP contribution in [0, 0.1) is 0 Å². The van der Waals surface area contributed by atoms with Crippen LogP contribution in [-0.4, -0.2) is 25.9 Å². The molecule has 0 radical (unpaired) electrons. The lowest BCUT2D eigenvalue weighted by Gasteiger charge is -2.36. The molecule has 2 aromatic carbocycles. The van der Waals surface area contributed by atoms with Crippen LogP contribution in [0.1, 0.15) is 62.8 Å². The van der Waals surface area contributed by atoms with Gasteiger partial charge in [-0.1, -0.05) is 64.4 Å². The van der Waals surface area contributed by atoms with Crippen LogP contribution in [0.5, 0.6) is 0 Å². The van der Waals surface area contributed by atoms with Gasteiger partial charge in [-0.25, -0.2) is 8.42 Å². The van der Waals surface area contributed by atoms with Gasteiger partial charge in [0.15, 0.2) is 10.7 Å². The highest BCUT2D eigenvalue weighted by molar-refractivity contribution is 7.72. The largest absolute Gasteiger partial charge is 0.295 e. The molecule has 3 rings (SSSR count). The average Bonchev–Trinajstić information content (AvgIpc) is 2.66. The van der Waals surface area contributed by atoms with Crippen LogP contribution in [0.3, 0.4) is 0 Å². The summed E-state index contributed by atoms with van der Waals surface area (Å²) < 4.78 is 22.5. The van der Waals surface area contributed by atoms with Gasteiger partial charge in [-0.05, 0) is 59.1 Å². The van der Waals surface area contributed by atoms with Gasteiger partial charge in [0.1, 0.15) is 0 Å². The summed E-state index contributed by atoms with van der Waals surface area (Å²) in [5.74, 6) is 0. The summed E-state index contributed by atoms with van der Waals surface area (Å²) >= 11 is 0. The van der Waals surface area contributed by atoms with Crippen molar-refractivity contribution >= 4 is 10.7 Å². The molecular weight excluding hydrogens is 366 g/mol. The molecular formula is C24H33NO2S. The Morgan fingerprint density at radius 2 is 1.75 bits per heavy atom. The minimum atomic E-state index is -2.50. The zero-order valence-corrected chi connectivity index (χ0v) is 18.5. The number of thiol groups is 1. The summed E-state index contributed by atoms with van der Waals surface area (Å²) in [6.07, 6.45) is 4.35. The Morgan fingerprint density at radius 1 is 1.04 bits per heavy atom. The summed E-state index contributed by atoms with van der Waals surface area (Å²) in [4.78, 5) is 3.02. The first-order valence-corrected chi connectivity index (χ1v) is 11.6. The highest BCUT2D eigenvalue weighted by Gasteiger charge is 2.24. The van der Waals surface area contributed by atoms with Crippen molar-refractivity contribution in [2.24, 2.45) is 0 Å². The third-order valence-electron chi connectivity index (χ3n) is 5.87. The van der Waals surface area contributed by atoms with Crippen molar-refractivity contribution in [2.45, 2.75) is 76.3 Å². The summed E-state index contributed by atoms with van der Waals surface area (Å²) in [6, 6.07) is 15.3. The van der Waals surface area contributed by atoms with Gasteiger partial charge in [-0.2, -0.15) is 0 Å². The van der Waals surface area contributed by atoms with Crippen molar-refractivity contribution in [2.75, 3.05) is 6.54 Å². The van der Waals surface area contributed by atoms with Crippen molar-refractivity contribution < 1.29 is 8.42 Å². The Morgan fingerprint density at radius 3 is 2.36 bits per heavy atom. The minimum absolute atomic E-state index is 0.186. The van der Waals surface area contributed by atoms with Crippen LogP contribution in [0.2, 0.25) is 0 Å². The Bertz CT molecular complexity index is 870. The predicted molar refractivity (Wildman–Crippen MR) is 117 cm³/mol. The van der Waals surface area contributed by atoms with Crippen molar-refractivity contribution in [1.29, 1.82) is 0 Å². The van der Waals surface area contributed by atoms with Gasteiger partial charge in [-0.3, -0.25) is 4.90 Å². The van der Waals surface area contributed by atoms with Gasteiger partial charge in [0.2, 0.25) is 0 Å². The van der Waals surface area contributed by atoms with Crippen LogP contribution in [0.15, 0.2) is 47.4 Å². The molecule has 1 aliphatic heterocycles. The van der Waals surface area contributed by atoms with E-state index < -0.39 is 10.7 Å². The molecule has 0 spiro atoms.